The van der Waals surface area contributed by atoms with Gasteiger partial charge in [0.15, 0.2) is 0 Å². The van der Waals surface area contributed by atoms with Crippen LogP contribution in [0.3, 0.4) is 0 Å². The molecule has 1 fully saturated rings. The smallest absolute Gasteiger partial charge is 0.416 e. The minimum absolute atomic E-state index is 0.0872. The second kappa shape index (κ2) is 11.7. The molecule has 2 heterocycles. The molecule has 0 aliphatic carbocycles. The summed E-state index contributed by atoms with van der Waals surface area (Å²) in [6.45, 7) is 2.91. The monoisotopic (exact) mass is 561 g/mol. The van der Waals surface area contributed by atoms with E-state index in [1.165, 1.54) is 17.7 Å². The Morgan fingerprint density at radius 2 is 1.73 bits per heavy atom. The van der Waals surface area contributed by atoms with Crippen LogP contribution in [0.25, 0.3) is 22.3 Å². The Morgan fingerprint density at radius 1 is 1.00 bits per heavy atom. The molecule has 1 N–H and O–H groups in total. The molecule has 4 aromatic rings. The SMILES string of the molecule is CC(CCCc1nc2cc(C(=O)N3CCC(c4ccccc4)C3)ccc2nc1-c1ccc(C(F)(F)F)cc1)C(=O)O. The third-order valence-electron chi connectivity index (χ3n) is 7.69. The molecule has 41 heavy (non-hydrogen) atoms. The maximum Gasteiger partial charge on any atom is 0.416 e. The molecule has 0 bridgehead atoms. The first-order chi connectivity index (χ1) is 19.6. The van der Waals surface area contributed by atoms with Crippen molar-refractivity contribution in [1.29, 1.82) is 0 Å². The van der Waals surface area contributed by atoms with Crippen molar-refractivity contribution in [2.75, 3.05) is 13.1 Å². The molecular formula is C32H30F3N3O3. The molecule has 3 aromatic carbocycles. The van der Waals surface area contributed by atoms with Gasteiger partial charge in [0.05, 0.1) is 33.9 Å². The van der Waals surface area contributed by atoms with Crippen LogP contribution in [0.2, 0.25) is 0 Å². The minimum Gasteiger partial charge on any atom is -0.481 e. The number of halogens is 3. The Bertz CT molecular complexity index is 1560. The van der Waals surface area contributed by atoms with E-state index in [4.69, 9.17) is 9.97 Å². The van der Waals surface area contributed by atoms with Gasteiger partial charge in [-0.2, -0.15) is 13.2 Å². The summed E-state index contributed by atoms with van der Waals surface area (Å²) in [7, 11) is 0. The largest absolute Gasteiger partial charge is 0.481 e. The van der Waals surface area contributed by atoms with Crippen LogP contribution in [0, 0.1) is 5.92 Å². The lowest BCUT2D eigenvalue weighted by Crippen LogP contribution is -2.28. The van der Waals surface area contributed by atoms with Crippen molar-refractivity contribution in [3.05, 3.63) is 95.2 Å². The molecule has 2 unspecified atom stereocenters. The van der Waals surface area contributed by atoms with Crippen molar-refractivity contribution in [2.24, 2.45) is 5.92 Å². The van der Waals surface area contributed by atoms with Crippen molar-refractivity contribution < 1.29 is 27.9 Å². The molecule has 5 rings (SSSR count). The molecule has 1 aliphatic rings. The summed E-state index contributed by atoms with van der Waals surface area (Å²) in [5.41, 5.74) is 3.44. The molecular weight excluding hydrogens is 531 g/mol. The number of fused-ring (bicyclic) bond motifs is 1. The van der Waals surface area contributed by atoms with Gasteiger partial charge in [0.2, 0.25) is 0 Å². The molecule has 0 spiro atoms. The van der Waals surface area contributed by atoms with Crippen LogP contribution in [0.5, 0.6) is 0 Å². The van der Waals surface area contributed by atoms with Gasteiger partial charge in [-0.15, -0.1) is 0 Å². The summed E-state index contributed by atoms with van der Waals surface area (Å²) in [5.74, 6) is -1.23. The normalized spacial score (nSPS) is 16.2. The zero-order valence-corrected chi connectivity index (χ0v) is 22.6. The molecule has 212 valence electrons. The first-order valence-electron chi connectivity index (χ1n) is 13.7. The number of hydrogen-bond acceptors (Lipinski definition) is 4. The number of carboxylic acid groups (broad SMARTS) is 1. The summed E-state index contributed by atoms with van der Waals surface area (Å²) in [5, 5.41) is 9.24. The van der Waals surface area contributed by atoms with E-state index in [0.717, 1.165) is 18.6 Å². The molecule has 0 saturated carbocycles. The number of aromatic nitrogens is 2. The topological polar surface area (TPSA) is 83.4 Å². The van der Waals surface area contributed by atoms with E-state index in [0.29, 0.717) is 65.9 Å². The van der Waals surface area contributed by atoms with Crippen LogP contribution in [0.4, 0.5) is 13.2 Å². The number of aryl methyl sites for hydroxylation is 1. The van der Waals surface area contributed by atoms with E-state index in [1.54, 1.807) is 25.1 Å². The maximum atomic E-state index is 13.4. The van der Waals surface area contributed by atoms with E-state index in [2.05, 4.69) is 12.1 Å². The van der Waals surface area contributed by atoms with Crippen LogP contribution in [0.15, 0.2) is 72.8 Å². The zero-order chi connectivity index (χ0) is 29.1. The fraction of sp³-hybridized carbons (Fsp3) is 0.312. The highest BCUT2D eigenvalue weighted by Gasteiger charge is 2.30. The highest BCUT2D eigenvalue weighted by Crippen LogP contribution is 2.33. The molecule has 9 heteroatoms. The van der Waals surface area contributed by atoms with Gasteiger partial charge in [-0.3, -0.25) is 9.59 Å². The molecule has 6 nitrogen and oxygen atoms in total. The number of carbonyl (C=O) groups excluding carboxylic acids is 1. The number of nitrogens with zero attached hydrogens (tertiary/aromatic N) is 3. The third kappa shape index (κ3) is 6.39. The lowest BCUT2D eigenvalue weighted by Gasteiger charge is -2.17. The van der Waals surface area contributed by atoms with Crippen LogP contribution >= 0.6 is 0 Å². The highest BCUT2D eigenvalue weighted by atomic mass is 19.4. The maximum absolute atomic E-state index is 13.4. The second-order valence-corrected chi connectivity index (χ2v) is 10.6. The summed E-state index contributed by atoms with van der Waals surface area (Å²) in [6, 6.07) is 20.0. The Balaban J connectivity index is 1.43. The summed E-state index contributed by atoms with van der Waals surface area (Å²) < 4.78 is 39.4. The number of benzene rings is 3. The predicted molar refractivity (Wildman–Crippen MR) is 149 cm³/mol. The number of hydrogen-bond donors (Lipinski definition) is 1. The summed E-state index contributed by atoms with van der Waals surface area (Å²) >= 11 is 0. The van der Waals surface area contributed by atoms with Gasteiger partial charge in [0, 0.05) is 30.1 Å². The van der Waals surface area contributed by atoms with Crippen LogP contribution < -0.4 is 0 Å². The average Bonchev–Trinajstić information content (AvgIpc) is 3.46. The predicted octanol–water partition coefficient (Wildman–Crippen LogP) is 6.99. The second-order valence-electron chi connectivity index (χ2n) is 10.6. The minimum atomic E-state index is -4.46. The molecule has 1 aromatic heterocycles. The van der Waals surface area contributed by atoms with Crippen LogP contribution in [0.1, 0.15) is 59.3 Å². The van der Waals surface area contributed by atoms with E-state index in [-0.39, 0.29) is 11.8 Å². The fourth-order valence-electron chi connectivity index (χ4n) is 5.27. The molecule has 2 atom stereocenters. The quantitative estimate of drug-likeness (QED) is 0.251. The first kappa shape index (κ1) is 28.3. The van der Waals surface area contributed by atoms with E-state index in [1.807, 2.05) is 23.1 Å². The number of aliphatic carboxylic acids is 1. The van der Waals surface area contributed by atoms with Crippen LogP contribution in [-0.4, -0.2) is 44.9 Å². The number of carbonyl (C=O) groups is 2. The third-order valence-corrected chi connectivity index (χ3v) is 7.69. The first-order valence-corrected chi connectivity index (χ1v) is 13.7. The molecule has 1 aliphatic heterocycles. The van der Waals surface area contributed by atoms with Crippen molar-refractivity contribution in [1.82, 2.24) is 14.9 Å². The van der Waals surface area contributed by atoms with Crippen molar-refractivity contribution in [3.63, 3.8) is 0 Å². The van der Waals surface area contributed by atoms with Crippen molar-refractivity contribution >= 4 is 22.9 Å². The van der Waals surface area contributed by atoms with Gasteiger partial charge in [0.25, 0.3) is 5.91 Å². The summed E-state index contributed by atoms with van der Waals surface area (Å²) in [6.07, 6.45) is -2.26. The van der Waals surface area contributed by atoms with Crippen molar-refractivity contribution in [2.45, 2.75) is 44.7 Å². The van der Waals surface area contributed by atoms with Crippen molar-refractivity contribution in [3.8, 4) is 11.3 Å². The van der Waals surface area contributed by atoms with E-state index >= 15 is 0 Å². The Hall–Kier alpha value is -4.27. The van der Waals surface area contributed by atoms with E-state index < -0.39 is 23.6 Å². The zero-order valence-electron chi connectivity index (χ0n) is 22.6. The van der Waals surface area contributed by atoms with Gasteiger partial charge in [-0.1, -0.05) is 49.4 Å². The molecule has 0 radical (unpaired) electrons. The lowest BCUT2D eigenvalue weighted by molar-refractivity contribution is -0.141. The number of carboxylic acids is 1. The number of rotatable bonds is 8. The highest BCUT2D eigenvalue weighted by molar-refractivity contribution is 5.97. The lowest BCUT2D eigenvalue weighted by atomic mass is 9.99. The number of alkyl halides is 3. The summed E-state index contributed by atoms with van der Waals surface area (Å²) in [4.78, 5) is 36.0. The number of likely N-dealkylation sites (tertiary alicyclic amines) is 1. The average molecular weight is 562 g/mol. The Kier molecular flexibility index (Phi) is 8.06. The number of amides is 1. The Morgan fingerprint density at radius 3 is 2.41 bits per heavy atom. The fourth-order valence-corrected chi connectivity index (χ4v) is 5.27. The van der Waals surface area contributed by atoms with Gasteiger partial charge < -0.3 is 10.0 Å². The van der Waals surface area contributed by atoms with Gasteiger partial charge in [-0.25, -0.2) is 9.97 Å². The standard InChI is InChI=1S/C32H30F3N3O3/c1-20(31(40)41)6-5-9-27-29(22-10-13-25(14-11-22)32(33,34)35)37-26-15-12-23(18-28(26)36-27)30(39)38-17-16-24(19-38)21-7-3-2-4-8-21/h2-4,7-8,10-15,18,20,24H,5-6,9,16-17,19H2,1H3,(H,40,41). The van der Waals surface area contributed by atoms with Gasteiger partial charge in [-0.05, 0) is 61.6 Å². The van der Waals surface area contributed by atoms with Gasteiger partial charge in [0.1, 0.15) is 0 Å². The molecule has 1 saturated heterocycles. The van der Waals surface area contributed by atoms with Crippen LogP contribution in [-0.2, 0) is 17.4 Å². The van der Waals surface area contributed by atoms with Gasteiger partial charge >= 0.3 is 12.1 Å². The Labute approximate surface area is 235 Å². The van der Waals surface area contributed by atoms with E-state index in [9.17, 15) is 27.9 Å². The molecule has 1 amide bonds.